The van der Waals surface area contributed by atoms with E-state index in [1.54, 1.807) is 0 Å². The minimum Gasteiger partial charge on any atom is -0.374 e. The number of unbranched alkanes of at least 4 members (excludes halogenated alkanes) is 1. The Morgan fingerprint density at radius 3 is 3.15 bits per heavy atom. The smallest absolute Gasteiger partial charge is 0.120 e. The van der Waals surface area contributed by atoms with Crippen LogP contribution >= 0.6 is 0 Å². The lowest BCUT2D eigenvalue weighted by Crippen LogP contribution is -2.26. The van der Waals surface area contributed by atoms with Crippen molar-refractivity contribution in [1.82, 2.24) is 0 Å². The van der Waals surface area contributed by atoms with Crippen LogP contribution in [-0.4, -0.2) is 19.0 Å². The molecule has 0 saturated carbocycles. The summed E-state index contributed by atoms with van der Waals surface area (Å²) >= 11 is 0. The molecule has 0 aromatic rings. The third kappa shape index (κ3) is 3.31. The van der Waals surface area contributed by atoms with E-state index in [9.17, 15) is 4.79 Å². The van der Waals surface area contributed by atoms with Gasteiger partial charge in [0.15, 0.2) is 0 Å². The van der Waals surface area contributed by atoms with Gasteiger partial charge in [0.25, 0.3) is 0 Å². The van der Waals surface area contributed by atoms with Gasteiger partial charge in [-0.1, -0.05) is 31.9 Å². The zero-order valence-corrected chi connectivity index (χ0v) is 8.24. The monoisotopic (exact) mass is 182 g/mol. The lowest BCUT2D eigenvalue weighted by Gasteiger charge is -2.26. The Labute approximate surface area is 80.0 Å². The number of ether oxygens (including phenoxy) is 1. The molecule has 0 fully saturated rings. The van der Waals surface area contributed by atoms with Crippen molar-refractivity contribution in [2.24, 2.45) is 5.92 Å². The van der Waals surface area contributed by atoms with Crippen LogP contribution in [0.4, 0.5) is 0 Å². The number of hydrogen-bond donors (Lipinski definition) is 0. The van der Waals surface area contributed by atoms with Crippen molar-refractivity contribution in [2.45, 2.75) is 38.7 Å². The summed E-state index contributed by atoms with van der Waals surface area (Å²) in [6, 6.07) is 0. The van der Waals surface area contributed by atoms with E-state index >= 15 is 0 Å². The number of aldehydes is 1. The second-order valence-electron chi connectivity index (χ2n) is 3.51. The van der Waals surface area contributed by atoms with Gasteiger partial charge in [-0.15, -0.1) is 0 Å². The first-order valence-electron chi connectivity index (χ1n) is 5.10. The third-order valence-corrected chi connectivity index (χ3v) is 2.48. The van der Waals surface area contributed by atoms with Gasteiger partial charge >= 0.3 is 0 Å². The quantitative estimate of drug-likeness (QED) is 0.482. The Kier molecular flexibility index (Phi) is 4.76. The van der Waals surface area contributed by atoms with E-state index in [0.717, 1.165) is 12.7 Å². The summed E-state index contributed by atoms with van der Waals surface area (Å²) in [5.74, 6) is 0.317. The van der Waals surface area contributed by atoms with Gasteiger partial charge in [0.1, 0.15) is 6.29 Å². The first-order chi connectivity index (χ1) is 6.38. The zero-order valence-electron chi connectivity index (χ0n) is 8.24. The first-order valence-corrected chi connectivity index (χ1v) is 5.10. The van der Waals surface area contributed by atoms with Gasteiger partial charge in [-0.05, 0) is 6.42 Å². The average molecular weight is 182 g/mol. The summed E-state index contributed by atoms with van der Waals surface area (Å²) in [4.78, 5) is 10.4. The van der Waals surface area contributed by atoms with E-state index < -0.39 is 0 Å². The largest absolute Gasteiger partial charge is 0.374 e. The van der Waals surface area contributed by atoms with Crippen LogP contribution in [0, 0.1) is 5.92 Å². The maximum atomic E-state index is 10.4. The van der Waals surface area contributed by atoms with Gasteiger partial charge in [-0.2, -0.15) is 0 Å². The van der Waals surface area contributed by atoms with Crippen molar-refractivity contribution in [1.29, 1.82) is 0 Å². The lowest BCUT2D eigenvalue weighted by molar-refractivity contribution is -0.109. The van der Waals surface area contributed by atoms with Crippen LogP contribution in [0.3, 0.4) is 0 Å². The van der Waals surface area contributed by atoms with Gasteiger partial charge < -0.3 is 9.53 Å². The molecule has 2 nitrogen and oxygen atoms in total. The zero-order chi connectivity index (χ0) is 9.52. The highest BCUT2D eigenvalue weighted by molar-refractivity contribution is 5.50. The molecule has 2 heteroatoms. The fraction of sp³-hybridized carbons (Fsp3) is 0.727. The molecule has 13 heavy (non-hydrogen) atoms. The molecule has 0 unspecified atom stereocenters. The van der Waals surface area contributed by atoms with Crippen LogP contribution in [0.2, 0.25) is 0 Å². The Balaban J connectivity index is 2.39. The van der Waals surface area contributed by atoms with E-state index in [4.69, 9.17) is 4.74 Å². The molecular weight excluding hydrogens is 164 g/mol. The highest BCUT2D eigenvalue weighted by Crippen LogP contribution is 2.22. The van der Waals surface area contributed by atoms with Crippen molar-refractivity contribution in [2.75, 3.05) is 6.61 Å². The number of carbonyl (C=O) groups is 1. The SMILES string of the molecule is CCCC[C@@H]1OCC=C[C@@H]1CC=O. The minimum atomic E-state index is 0.273. The van der Waals surface area contributed by atoms with Crippen LogP contribution < -0.4 is 0 Å². The highest BCUT2D eigenvalue weighted by Gasteiger charge is 2.21. The Morgan fingerprint density at radius 2 is 2.46 bits per heavy atom. The molecule has 0 radical (unpaired) electrons. The van der Waals surface area contributed by atoms with Gasteiger partial charge in [0.05, 0.1) is 12.7 Å². The number of carbonyl (C=O) groups excluding carboxylic acids is 1. The Hall–Kier alpha value is -0.630. The molecule has 1 heterocycles. The van der Waals surface area contributed by atoms with Crippen molar-refractivity contribution in [3.8, 4) is 0 Å². The van der Waals surface area contributed by atoms with Crippen molar-refractivity contribution in [3.63, 3.8) is 0 Å². The summed E-state index contributed by atoms with van der Waals surface area (Å²) in [5, 5.41) is 0. The second kappa shape index (κ2) is 5.92. The van der Waals surface area contributed by atoms with Crippen molar-refractivity contribution < 1.29 is 9.53 Å². The van der Waals surface area contributed by atoms with Crippen LogP contribution in [0.15, 0.2) is 12.2 Å². The fourth-order valence-corrected chi connectivity index (χ4v) is 1.70. The summed E-state index contributed by atoms with van der Waals surface area (Å²) < 4.78 is 5.60. The predicted molar refractivity (Wildman–Crippen MR) is 52.6 cm³/mol. The topological polar surface area (TPSA) is 26.3 Å². The Morgan fingerprint density at radius 1 is 1.62 bits per heavy atom. The highest BCUT2D eigenvalue weighted by atomic mass is 16.5. The summed E-state index contributed by atoms with van der Waals surface area (Å²) in [6.07, 6.45) is 9.46. The normalized spacial score (nSPS) is 27.5. The van der Waals surface area contributed by atoms with Gasteiger partial charge in [-0.3, -0.25) is 0 Å². The van der Waals surface area contributed by atoms with Crippen molar-refractivity contribution >= 4 is 6.29 Å². The van der Waals surface area contributed by atoms with E-state index in [1.165, 1.54) is 12.8 Å². The first kappa shape index (κ1) is 10.5. The average Bonchev–Trinajstić information content (AvgIpc) is 2.17. The van der Waals surface area contributed by atoms with E-state index in [0.29, 0.717) is 18.9 Å². The molecule has 0 saturated heterocycles. The lowest BCUT2D eigenvalue weighted by atomic mass is 9.93. The molecule has 0 aromatic carbocycles. The third-order valence-electron chi connectivity index (χ3n) is 2.48. The standard InChI is InChI=1S/C11H18O2/c1-2-3-6-11-10(7-8-12)5-4-9-13-11/h4-5,8,10-11H,2-3,6-7,9H2,1H3/t10-,11+/m1/s1. The molecule has 1 aliphatic heterocycles. The predicted octanol–water partition coefficient (Wildman–Crippen LogP) is 2.34. The molecule has 0 aromatic heterocycles. The fourth-order valence-electron chi connectivity index (χ4n) is 1.70. The maximum absolute atomic E-state index is 10.4. The van der Waals surface area contributed by atoms with Gasteiger partial charge in [0, 0.05) is 12.3 Å². The van der Waals surface area contributed by atoms with Crippen LogP contribution in [0.5, 0.6) is 0 Å². The van der Waals surface area contributed by atoms with E-state index in [1.807, 2.05) is 6.08 Å². The molecule has 0 N–H and O–H groups in total. The molecule has 0 spiro atoms. The molecule has 74 valence electrons. The molecule has 2 atom stereocenters. The van der Waals surface area contributed by atoms with Gasteiger partial charge in [0.2, 0.25) is 0 Å². The van der Waals surface area contributed by atoms with Gasteiger partial charge in [-0.25, -0.2) is 0 Å². The summed E-state index contributed by atoms with van der Waals surface area (Å²) in [5.41, 5.74) is 0. The van der Waals surface area contributed by atoms with E-state index in [-0.39, 0.29) is 6.10 Å². The van der Waals surface area contributed by atoms with Crippen LogP contribution in [-0.2, 0) is 9.53 Å². The molecular formula is C11H18O2. The van der Waals surface area contributed by atoms with Crippen molar-refractivity contribution in [3.05, 3.63) is 12.2 Å². The molecule has 0 amide bonds. The molecule has 0 bridgehead atoms. The molecule has 0 aliphatic carbocycles. The van der Waals surface area contributed by atoms with Crippen LogP contribution in [0.1, 0.15) is 32.6 Å². The number of hydrogen-bond acceptors (Lipinski definition) is 2. The summed E-state index contributed by atoms with van der Waals surface area (Å²) in [6.45, 7) is 2.89. The summed E-state index contributed by atoms with van der Waals surface area (Å²) in [7, 11) is 0. The van der Waals surface area contributed by atoms with E-state index in [2.05, 4.69) is 13.0 Å². The second-order valence-corrected chi connectivity index (χ2v) is 3.51. The molecule has 1 aliphatic rings. The number of rotatable bonds is 5. The maximum Gasteiger partial charge on any atom is 0.120 e. The van der Waals surface area contributed by atoms with Crippen LogP contribution in [0.25, 0.3) is 0 Å². The minimum absolute atomic E-state index is 0.273. The Bertz CT molecular complexity index is 175. The molecule has 1 rings (SSSR count).